The molecule has 2 aromatic heterocycles. The third-order valence-corrected chi connectivity index (χ3v) is 6.32. The quantitative estimate of drug-likeness (QED) is 0.453. The molecule has 0 radical (unpaired) electrons. The van der Waals surface area contributed by atoms with E-state index in [0.29, 0.717) is 12.1 Å². The minimum Gasteiger partial charge on any atom is -0.461 e. The zero-order chi connectivity index (χ0) is 23.5. The Hall–Kier alpha value is -2.97. The number of pyridine rings is 1. The third-order valence-electron chi connectivity index (χ3n) is 6.32. The van der Waals surface area contributed by atoms with Crippen molar-refractivity contribution in [3.8, 4) is 11.4 Å². The van der Waals surface area contributed by atoms with Gasteiger partial charge in [0.25, 0.3) is 5.56 Å². The van der Waals surface area contributed by atoms with Gasteiger partial charge in [0.05, 0.1) is 17.1 Å². The molecule has 1 aromatic carbocycles. The molecule has 0 aliphatic heterocycles. The van der Waals surface area contributed by atoms with E-state index in [1.54, 1.807) is 20.0 Å². The van der Waals surface area contributed by atoms with Gasteiger partial charge in [0.15, 0.2) is 0 Å². The van der Waals surface area contributed by atoms with E-state index in [9.17, 15) is 14.7 Å². The molecule has 0 saturated heterocycles. The molecule has 0 unspecified atom stereocenters. The minimum atomic E-state index is -0.864. The number of benzene rings is 1. The summed E-state index contributed by atoms with van der Waals surface area (Å²) in [6, 6.07) is 7.05. The number of H-pyrrole nitrogens is 1. The molecule has 0 spiro atoms. The summed E-state index contributed by atoms with van der Waals surface area (Å²) >= 11 is 0. The average Bonchev–Trinajstić information content (AvgIpc) is 3.42. The molecule has 1 fully saturated rings. The van der Waals surface area contributed by atoms with Crippen LogP contribution in [0.4, 0.5) is 0 Å². The van der Waals surface area contributed by atoms with Crippen molar-refractivity contribution in [3.63, 3.8) is 0 Å². The van der Waals surface area contributed by atoms with E-state index in [-0.39, 0.29) is 11.7 Å². The Morgan fingerprint density at radius 1 is 1.33 bits per heavy atom. The first kappa shape index (κ1) is 23.2. The number of fused-ring (bicyclic) bond motifs is 1. The highest BCUT2D eigenvalue weighted by Crippen LogP contribution is 2.26. The molecule has 8 nitrogen and oxygen atoms in total. The fourth-order valence-electron chi connectivity index (χ4n) is 4.47. The lowest BCUT2D eigenvalue weighted by Crippen LogP contribution is -2.46. The van der Waals surface area contributed by atoms with Crippen LogP contribution < -0.4 is 10.9 Å². The highest BCUT2D eigenvalue weighted by Gasteiger charge is 2.28. The monoisotopic (exact) mass is 452 g/mol. The smallest absolute Gasteiger partial charge is 0.326 e. The molecule has 4 rings (SSSR count). The second-order valence-corrected chi connectivity index (χ2v) is 8.85. The van der Waals surface area contributed by atoms with E-state index >= 15 is 0 Å². The SMILES string of the molecule is CCn1c(-c2c[nH]c(=O)c(C)c2)nc2cc(CN[C@H](C(=O)OC3CCCC3)[C@@H](C)O)ccc21. The number of aromatic amines is 1. The van der Waals surface area contributed by atoms with E-state index in [4.69, 9.17) is 9.72 Å². The molecule has 1 aliphatic carbocycles. The number of carbonyl (C=O) groups excluding carboxylic acids is 1. The lowest BCUT2D eigenvalue weighted by atomic mass is 10.1. The van der Waals surface area contributed by atoms with Gasteiger partial charge < -0.3 is 19.4 Å². The molecule has 2 atom stereocenters. The van der Waals surface area contributed by atoms with E-state index in [1.807, 2.05) is 24.3 Å². The van der Waals surface area contributed by atoms with E-state index in [2.05, 4.69) is 21.8 Å². The second-order valence-electron chi connectivity index (χ2n) is 8.85. The van der Waals surface area contributed by atoms with Gasteiger partial charge in [-0.1, -0.05) is 6.07 Å². The Bertz CT molecular complexity index is 1190. The number of ether oxygens (including phenoxy) is 1. The van der Waals surface area contributed by atoms with Crippen LogP contribution in [0.5, 0.6) is 0 Å². The normalized spacial score (nSPS) is 16.2. The zero-order valence-corrected chi connectivity index (χ0v) is 19.4. The molecule has 176 valence electrons. The Morgan fingerprint density at radius 3 is 2.76 bits per heavy atom. The molecular formula is C25H32N4O4. The fourth-order valence-corrected chi connectivity index (χ4v) is 4.47. The molecule has 3 N–H and O–H groups in total. The van der Waals surface area contributed by atoms with Crippen LogP contribution in [0.2, 0.25) is 0 Å². The lowest BCUT2D eigenvalue weighted by Gasteiger charge is -2.22. The topological polar surface area (TPSA) is 109 Å². The van der Waals surface area contributed by atoms with Crippen LogP contribution >= 0.6 is 0 Å². The van der Waals surface area contributed by atoms with Crippen molar-refractivity contribution in [2.24, 2.45) is 0 Å². The Balaban J connectivity index is 1.54. The summed E-state index contributed by atoms with van der Waals surface area (Å²) in [7, 11) is 0. The third kappa shape index (κ3) is 5.02. The molecule has 1 saturated carbocycles. The molecule has 2 heterocycles. The van der Waals surface area contributed by atoms with E-state index in [0.717, 1.165) is 60.2 Å². The number of aryl methyl sites for hydroxylation is 2. The molecule has 33 heavy (non-hydrogen) atoms. The Labute approximate surface area is 193 Å². The van der Waals surface area contributed by atoms with Crippen molar-refractivity contribution in [2.75, 3.05) is 0 Å². The number of imidazole rings is 1. The number of aliphatic hydroxyl groups excluding tert-OH is 1. The lowest BCUT2D eigenvalue weighted by molar-refractivity contribution is -0.154. The number of hydrogen-bond donors (Lipinski definition) is 3. The van der Waals surface area contributed by atoms with Gasteiger partial charge in [-0.05, 0) is 70.2 Å². The first-order valence-corrected chi connectivity index (χ1v) is 11.7. The predicted octanol–water partition coefficient (Wildman–Crippen LogP) is 3.04. The van der Waals surface area contributed by atoms with Gasteiger partial charge in [-0.25, -0.2) is 4.98 Å². The summed E-state index contributed by atoms with van der Waals surface area (Å²) in [5.74, 6) is 0.392. The van der Waals surface area contributed by atoms with Crippen LogP contribution in [0.3, 0.4) is 0 Å². The maximum absolute atomic E-state index is 12.6. The van der Waals surface area contributed by atoms with Crippen LogP contribution in [-0.2, 0) is 22.6 Å². The van der Waals surface area contributed by atoms with Gasteiger partial charge in [0.2, 0.25) is 0 Å². The number of rotatable bonds is 8. The molecule has 0 bridgehead atoms. The number of aromatic nitrogens is 3. The minimum absolute atomic E-state index is 0.0371. The van der Waals surface area contributed by atoms with E-state index < -0.39 is 18.1 Å². The number of nitrogens with zero attached hydrogens (tertiary/aromatic N) is 2. The van der Waals surface area contributed by atoms with Crippen LogP contribution in [0.15, 0.2) is 35.3 Å². The van der Waals surface area contributed by atoms with Gasteiger partial charge in [-0.2, -0.15) is 0 Å². The summed E-state index contributed by atoms with van der Waals surface area (Å²) in [6.07, 6.45) is 4.74. The standard InChI is InChI=1S/C25H32N4O4/c1-4-29-21-10-9-17(12-20(21)28-23(29)18-11-15(2)24(31)27-14-18)13-26-22(16(3)30)25(32)33-19-7-5-6-8-19/h9-12,14,16,19,22,26,30H,4-8,13H2,1-3H3,(H,27,31)/t16-,22+/m1/s1. The average molecular weight is 453 g/mol. The maximum Gasteiger partial charge on any atom is 0.326 e. The van der Waals surface area contributed by atoms with Crippen LogP contribution in [0, 0.1) is 6.92 Å². The first-order chi connectivity index (χ1) is 15.9. The molecule has 3 aromatic rings. The van der Waals surface area contributed by atoms with Crippen molar-refractivity contribution in [3.05, 3.63) is 51.9 Å². The summed E-state index contributed by atoms with van der Waals surface area (Å²) in [6.45, 7) is 6.57. The zero-order valence-electron chi connectivity index (χ0n) is 19.4. The van der Waals surface area contributed by atoms with Crippen molar-refractivity contribution in [2.45, 2.75) is 77.8 Å². The molecule has 8 heteroatoms. The van der Waals surface area contributed by atoms with Crippen LogP contribution in [0.1, 0.15) is 50.7 Å². The summed E-state index contributed by atoms with van der Waals surface area (Å²) in [5, 5.41) is 13.3. The van der Waals surface area contributed by atoms with Crippen LogP contribution in [0.25, 0.3) is 22.4 Å². The summed E-state index contributed by atoms with van der Waals surface area (Å²) in [4.78, 5) is 31.9. The fraction of sp³-hybridized carbons (Fsp3) is 0.480. The number of nitrogens with one attached hydrogen (secondary N) is 2. The first-order valence-electron chi connectivity index (χ1n) is 11.7. The maximum atomic E-state index is 12.6. The summed E-state index contributed by atoms with van der Waals surface area (Å²) in [5.41, 5.74) is 4.16. The van der Waals surface area contributed by atoms with Crippen molar-refractivity contribution < 1.29 is 14.6 Å². The van der Waals surface area contributed by atoms with Gasteiger partial charge >= 0.3 is 5.97 Å². The highest BCUT2D eigenvalue weighted by atomic mass is 16.5. The number of carbonyl (C=O) groups is 1. The molecular weight excluding hydrogens is 420 g/mol. The summed E-state index contributed by atoms with van der Waals surface area (Å²) < 4.78 is 7.70. The van der Waals surface area contributed by atoms with Crippen molar-refractivity contribution >= 4 is 17.0 Å². The molecule has 1 aliphatic rings. The van der Waals surface area contributed by atoms with E-state index in [1.165, 1.54) is 0 Å². The molecule has 0 amide bonds. The number of esters is 1. The van der Waals surface area contributed by atoms with Gasteiger partial charge in [0, 0.05) is 30.4 Å². The number of aliphatic hydroxyl groups is 1. The van der Waals surface area contributed by atoms with Crippen LogP contribution in [-0.4, -0.2) is 43.9 Å². The largest absolute Gasteiger partial charge is 0.461 e. The van der Waals surface area contributed by atoms with Crippen molar-refractivity contribution in [1.82, 2.24) is 19.9 Å². The second kappa shape index (κ2) is 9.89. The van der Waals surface area contributed by atoms with Gasteiger partial charge in [-0.15, -0.1) is 0 Å². The Morgan fingerprint density at radius 2 is 2.09 bits per heavy atom. The number of hydrogen-bond acceptors (Lipinski definition) is 6. The van der Waals surface area contributed by atoms with Crippen molar-refractivity contribution in [1.29, 1.82) is 0 Å². The Kier molecular flexibility index (Phi) is 6.95. The van der Waals surface area contributed by atoms with Gasteiger partial charge in [-0.3, -0.25) is 14.9 Å². The predicted molar refractivity (Wildman–Crippen MR) is 127 cm³/mol. The highest BCUT2D eigenvalue weighted by molar-refractivity contribution is 5.81. The van der Waals surface area contributed by atoms with Gasteiger partial charge in [0.1, 0.15) is 18.0 Å².